The van der Waals surface area contributed by atoms with Crippen LogP contribution in [0.5, 0.6) is 0 Å². The SMILES string of the molecule is C[C@H]1CN(C(=NC2C[C@H]3C[C@@H](C2(C)C)C3(C)C)Nc2ccc3c(=O)n(CCc4ccc(F)cc4)cnc3c2)CCN1O. The van der Waals surface area contributed by atoms with E-state index in [9.17, 15) is 14.4 Å². The van der Waals surface area contributed by atoms with Crippen molar-refractivity contribution in [2.75, 3.05) is 25.0 Å². The van der Waals surface area contributed by atoms with E-state index in [1.54, 1.807) is 23.0 Å². The van der Waals surface area contributed by atoms with Gasteiger partial charge in [-0.15, -0.1) is 0 Å². The number of guanidine groups is 1. The van der Waals surface area contributed by atoms with Crippen LogP contribution in [-0.4, -0.2) is 62.4 Å². The highest BCUT2D eigenvalue weighted by Crippen LogP contribution is 2.66. The number of aliphatic imine (C=N–C) groups is 1. The van der Waals surface area contributed by atoms with Gasteiger partial charge in [0.05, 0.1) is 23.3 Å². The van der Waals surface area contributed by atoms with Crippen molar-refractivity contribution >= 4 is 22.5 Å². The van der Waals surface area contributed by atoms with E-state index in [2.05, 4.69) is 42.9 Å². The molecule has 2 bridgehead atoms. The number of rotatable bonds is 5. The summed E-state index contributed by atoms with van der Waals surface area (Å²) in [6.07, 6.45) is 4.57. The molecular weight excluding hydrogens is 531 g/mol. The minimum atomic E-state index is -0.269. The Morgan fingerprint density at radius 1 is 1.10 bits per heavy atom. The number of anilines is 1. The molecule has 4 fully saturated rings. The van der Waals surface area contributed by atoms with Crippen molar-refractivity contribution in [3.63, 3.8) is 0 Å². The maximum absolute atomic E-state index is 13.3. The highest BCUT2D eigenvalue weighted by atomic mass is 19.1. The monoisotopic (exact) mass is 574 g/mol. The maximum Gasteiger partial charge on any atom is 0.261 e. The predicted molar refractivity (Wildman–Crippen MR) is 164 cm³/mol. The van der Waals surface area contributed by atoms with Crippen LogP contribution in [0.3, 0.4) is 0 Å². The number of fused-ring (bicyclic) bond motifs is 3. The zero-order valence-electron chi connectivity index (χ0n) is 25.3. The lowest BCUT2D eigenvalue weighted by Gasteiger charge is -2.65. The number of hydrogen-bond acceptors (Lipinski definition) is 5. The number of aromatic nitrogens is 2. The van der Waals surface area contributed by atoms with E-state index in [0.29, 0.717) is 60.8 Å². The molecule has 0 spiro atoms. The molecule has 7 rings (SSSR count). The van der Waals surface area contributed by atoms with Gasteiger partial charge in [-0.05, 0) is 84.7 Å². The Morgan fingerprint density at radius 3 is 2.55 bits per heavy atom. The number of hydroxylamine groups is 2. The molecule has 9 heteroatoms. The fourth-order valence-corrected chi connectivity index (χ4v) is 7.61. The average molecular weight is 575 g/mol. The van der Waals surface area contributed by atoms with Crippen LogP contribution in [0.1, 0.15) is 53.0 Å². The van der Waals surface area contributed by atoms with Crippen molar-refractivity contribution < 1.29 is 9.60 Å². The van der Waals surface area contributed by atoms with Crippen molar-refractivity contribution in [1.82, 2.24) is 19.5 Å². The number of hydrogen-bond donors (Lipinski definition) is 2. The van der Waals surface area contributed by atoms with Crippen LogP contribution < -0.4 is 10.9 Å². The van der Waals surface area contributed by atoms with E-state index in [0.717, 1.165) is 23.6 Å². The third-order valence-corrected chi connectivity index (χ3v) is 10.5. The molecule has 2 N–H and O–H groups in total. The molecule has 1 saturated heterocycles. The first-order valence-electron chi connectivity index (χ1n) is 15.2. The van der Waals surface area contributed by atoms with Crippen LogP contribution in [0.15, 0.2) is 58.6 Å². The van der Waals surface area contributed by atoms with E-state index < -0.39 is 0 Å². The van der Waals surface area contributed by atoms with E-state index in [-0.39, 0.29) is 28.9 Å². The van der Waals surface area contributed by atoms with Crippen molar-refractivity contribution in [2.24, 2.45) is 27.7 Å². The van der Waals surface area contributed by atoms with Crippen LogP contribution in [-0.2, 0) is 13.0 Å². The van der Waals surface area contributed by atoms with Crippen LogP contribution in [0, 0.1) is 28.5 Å². The van der Waals surface area contributed by atoms with Gasteiger partial charge in [-0.25, -0.2) is 14.4 Å². The van der Waals surface area contributed by atoms with Gasteiger partial charge >= 0.3 is 0 Å². The first kappa shape index (κ1) is 28.8. The lowest BCUT2D eigenvalue weighted by molar-refractivity contribution is -0.152. The maximum atomic E-state index is 13.3. The molecule has 3 aliphatic carbocycles. The summed E-state index contributed by atoms with van der Waals surface area (Å²) in [6, 6.07) is 12.2. The molecule has 224 valence electrons. The Labute approximate surface area is 247 Å². The molecule has 4 atom stereocenters. The molecule has 42 heavy (non-hydrogen) atoms. The Kier molecular flexibility index (Phi) is 7.38. The van der Waals surface area contributed by atoms with Gasteiger partial charge in [0.2, 0.25) is 0 Å². The normalized spacial score (nSPS) is 27.1. The van der Waals surface area contributed by atoms with Gasteiger partial charge in [-0.3, -0.25) is 9.36 Å². The largest absolute Gasteiger partial charge is 0.340 e. The van der Waals surface area contributed by atoms with E-state index in [4.69, 9.17) is 4.99 Å². The average Bonchev–Trinajstić information content (AvgIpc) is 2.95. The number of piperazine rings is 1. The minimum Gasteiger partial charge on any atom is -0.340 e. The van der Waals surface area contributed by atoms with E-state index in [1.807, 2.05) is 25.1 Å². The zero-order valence-corrected chi connectivity index (χ0v) is 25.3. The Balaban J connectivity index is 1.26. The second-order valence-electron chi connectivity index (χ2n) is 13.8. The van der Waals surface area contributed by atoms with Crippen molar-refractivity contribution in [3.05, 3.63) is 70.5 Å². The molecule has 8 nitrogen and oxygen atoms in total. The van der Waals surface area contributed by atoms with Crippen LogP contribution >= 0.6 is 0 Å². The third-order valence-electron chi connectivity index (χ3n) is 10.5. The van der Waals surface area contributed by atoms with Gasteiger partial charge in [0.15, 0.2) is 5.96 Å². The smallest absolute Gasteiger partial charge is 0.261 e. The Morgan fingerprint density at radius 2 is 1.86 bits per heavy atom. The van der Waals surface area contributed by atoms with E-state index in [1.165, 1.54) is 23.6 Å². The number of nitrogens with one attached hydrogen (secondary N) is 1. The molecule has 1 unspecified atom stereocenters. The topological polar surface area (TPSA) is 86.0 Å². The quantitative estimate of drug-likeness (QED) is 0.314. The summed E-state index contributed by atoms with van der Waals surface area (Å²) in [7, 11) is 0. The number of nitrogens with zero attached hydrogens (tertiary/aromatic N) is 5. The number of aryl methyl sites for hydroxylation is 2. The highest BCUT2D eigenvalue weighted by molar-refractivity contribution is 5.96. The van der Waals surface area contributed by atoms with Crippen LogP contribution in [0.4, 0.5) is 10.1 Å². The van der Waals surface area contributed by atoms with Gasteiger partial charge in [-0.1, -0.05) is 39.8 Å². The number of benzene rings is 2. The zero-order chi connectivity index (χ0) is 29.8. The van der Waals surface area contributed by atoms with Crippen molar-refractivity contribution in [3.8, 4) is 0 Å². The molecule has 1 aromatic heterocycles. The van der Waals surface area contributed by atoms with Crippen molar-refractivity contribution in [1.29, 1.82) is 0 Å². The number of halogens is 1. The second kappa shape index (κ2) is 10.8. The van der Waals surface area contributed by atoms with Crippen molar-refractivity contribution in [2.45, 2.75) is 72.5 Å². The standard InChI is InChI=1S/C33H43FN6O2/c1-21-19-38(14-15-40(21)42)31(37-29-17-23-16-28(32(23,2)3)33(29,4)5)36-25-10-11-26-27(18-25)35-20-39(30(26)41)13-12-22-6-8-24(34)9-7-22/h6-11,18,20-21,23,28-29,42H,12-17,19H2,1-5H3,(H,36,37)/t21-,23+,28+,29?/m0/s1. The van der Waals surface area contributed by atoms with Gasteiger partial charge in [-0.2, -0.15) is 5.06 Å². The highest BCUT2D eigenvalue weighted by Gasteiger charge is 2.61. The predicted octanol–water partition coefficient (Wildman–Crippen LogP) is 5.40. The molecule has 2 aromatic carbocycles. The fourth-order valence-electron chi connectivity index (χ4n) is 7.61. The molecule has 3 saturated carbocycles. The lowest BCUT2D eigenvalue weighted by Crippen LogP contribution is -2.61. The lowest BCUT2D eigenvalue weighted by atomic mass is 9.40. The molecule has 2 heterocycles. The van der Waals surface area contributed by atoms with Gasteiger partial charge in [0.25, 0.3) is 5.56 Å². The molecule has 0 amide bonds. The summed E-state index contributed by atoms with van der Waals surface area (Å²) >= 11 is 0. The van der Waals surface area contributed by atoms with Crippen LogP contribution in [0.25, 0.3) is 10.9 Å². The molecule has 4 aliphatic rings. The molecule has 3 aromatic rings. The van der Waals surface area contributed by atoms with Gasteiger partial charge in [0, 0.05) is 37.9 Å². The first-order chi connectivity index (χ1) is 19.9. The molecule has 0 radical (unpaired) electrons. The van der Waals surface area contributed by atoms with E-state index >= 15 is 0 Å². The molecule has 1 aliphatic heterocycles. The third kappa shape index (κ3) is 5.22. The summed E-state index contributed by atoms with van der Waals surface area (Å²) in [6.45, 7) is 13.9. The summed E-state index contributed by atoms with van der Waals surface area (Å²) < 4.78 is 14.9. The van der Waals surface area contributed by atoms with Crippen LogP contribution in [0.2, 0.25) is 0 Å². The summed E-state index contributed by atoms with van der Waals surface area (Å²) in [5.41, 5.74) is 2.76. The van der Waals surface area contributed by atoms with Gasteiger partial charge < -0.3 is 15.4 Å². The fraction of sp³-hybridized carbons (Fsp3) is 0.545. The second-order valence-corrected chi connectivity index (χ2v) is 13.8. The summed E-state index contributed by atoms with van der Waals surface area (Å²) in [5.74, 6) is 1.88. The Hall–Kier alpha value is -3.30. The summed E-state index contributed by atoms with van der Waals surface area (Å²) in [4.78, 5) is 25.5. The first-order valence-corrected chi connectivity index (χ1v) is 15.2. The molecular formula is C33H43FN6O2. The summed E-state index contributed by atoms with van der Waals surface area (Å²) in [5, 5.41) is 15.8. The van der Waals surface area contributed by atoms with Gasteiger partial charge in [0.1, 0.15) is 5.82 Å². The minimum absolute atomic E-state index is 0.0101. The Bertz CT molecular complexity index is 1550.